The van der Waals surface area contributed by atoms with Crippen molar-refractivity contribution in [2.45, 2.75) is 0 Å². The molecule has 1 heterocycles. The Morgan fingerprint density at radius 1 is 1.67 bits per heavy atom. The van der Waals surface area contributed by atoms with Crippen molar-refractivity contribution in [3.8, 4) is 0 Å². The molecule has 4 heteroatoms. The highest BCUT2D eigenvalue weighted by atomic mass is 127. The summed E-state index contributed by atoms with van der Waals surface area (Å²) >= 11 is 2.03. The summed E-state index contributed by atoms with van der Waals surface area (Å²) in [5.74, 6) is 0.557. The highest BCUT2D eigenvalue weighted by Gasteiger charge is 1.92. The Labute approximate surface area is 65.5 Å². The molecule has 9 heavy (non-hydrogen) atoms. The van der Waals surface area contributed by atoms with Gasteiger partial charge in [-0.15, -0.1) is 0 Å². The third-order valence-corrected chi connectivity index (χ3v) is 1.36. The second kappa shape index (κ2) is 2.86. The minimum Gasteiger partial charge on any atom is -0.449 e. The van der Waals surface area contributed by atoms with Gasteiger partial charge in [0.05, 0.1) is 0 Å². The minimum absolute atomic E-state index is 0.557. The maximum absolute atomic E-state index is 8.04. The van der Waals surface area contributed by atoms with Crippen LogP contribution in [-0.2, 0) is 0 Å². The van der Waals surface area contributed by atoms with Gasteiger partial charge >= 0.3 is 0 Å². The van der Waals surface area contributed by atoms with E-state index in [0.717, 1.165) is 3.77 Å². The van der Waals surface area contributed by atoms with Crippen molar-refractivity contribution in [1.29, 1.82) is 0 Å². The summed E-state index contributed by atoms with van der Waals surface area (Å²) in [6.45, 7) is 0. The topological polar surface area (TPSA) is 45.7 Å². The first-order valence-electron chi connectivity index (χ1n) is 2.25. The van der Waals surface area contributed by atoms with Crippen molar-refractivity contribution in [2.24, 2.45) is 5.16 Å². The smallest absolute Gasteiger partial charge is 0.164 e. The zero-order valence-corrected chi connectivity index (χ0v) is 6.57. The SMILES string of the molecule is O/N=C/c1ccc(I)o1. The van der Waals surface area contributed by atoms with Gasteiger partial charge in [-0.1, -0.05) is 5.16 Å². The highest BCUT2D eigenvalue weighted by molar-refractivity contribution is 14.1. The van der Waals surface area contributed by atoms with Crippen LogP contribution in [-0.4, -0.2) is 11.4 Å². The number of rotatable bonds is 1. The zero-order valence-electron chi connectivity index (χ0n) is 4.41. The van der Waals surface area contributed by atoms with Crippen LogP contribution in [0.5, 0.6) is 0 Å². The van der Waals surface area contributed by atoms with Crippen LogP contribution in [0.2, 0.25) is 0 Å². The summed E-state index contributed by atoms with van der Waals surface area (Å²) < 4.78 is 5.78. The second-order valence-corrected chi connectivity index (χ2v) is 2.45. The summed E-state index contributed by atoms with van der Waals surface area (Å²) in [6, 6.07) is 3.51. The summed E-state index contributed by atoms with van der Waals surface area (Å²) in [6.07, 6.45) is 1.24. The summed E-state index contributed by atoms with van der Waals surface area (Å²) in [5.41, 5.74) is 0. The molecule has 48 valence electrons. The van der Waals surface area contributed by atoms with Gasteiger partial charge in [0, 0.05) is 0 Å². The molecule has 3 nitrogen and oxygen atoms in total. The third kappa shape index (κ3) is 1.70. The fraction of sp³-hybridized carbons (Fsp3) is 0. The Balaban J connectivity index is 2.85. The highest BCUT2D eigenvalue weighted by Crippen LogP contribution is 2.07. The Hall–Kier alpha value is -0.520. The first kappa shape index (κ1) is 6.60. The maximum atomic E-state index is 8.04. The van der Waals surface area contributed by atoms with Gasteiger partial charge in [0.25, 0.3) is 0 Å². The average molecular weight is 237 g/mol. The molecule has 1 rings (SSSR count). The van der Waals surface area contributed by atoms with E-state index in [-0.39, 0.29) is 0 Å². The molecule has 0 aliphatic heterocycles. The molecule has 0 radical (unpaired) electrons. The van der Waals surface area contributed by atoms with Crippen molar-refractivity contribution in [3.63, 3.8) is 0 Å². The molecule has 0 unspecified atom stereocenters. The van der Waals surface area contributed by atoms with Gasteiger partial charge in [0.2, 0.25) is 0 Å². The molecular formula is C5H4INO2. The number of hydrogen-bond acceptors (Lipinski definition) is 3. The molecule has 0 aromatic carbocycles. The van der Waals surface area contributed by atoms with Crippen LogP contribution in [0.1, 0.15) is 5.76 Å². The van der Waals surface area contributed by atoms with Gasteiger partial charge in [0.1, 0.15) is 12.0 Å². The fourth-order valence-electron chi connectivity index (χ4n) is 0.455. The van der Waals surface area contributed by atoms with Crippen LogP contribution < -0.4 is 0 Å². The molecule has 0 fully saturated rings. The molecule has 1 aromatic rings. The van der Waals surface area contributed by atoms with Gasteiger partial charge in [-0.05, 0) is 34.7 Å². The van der Waals surface area contributed by atoms with E-state index in [1.165, 1.54) is 6.21 Å². The van der Waals surface area contributed by atoms with E-state index in [2.05, 4.69) is 5.16 Å². The first-order valence-corrected chi connectivity index (χ1v) is 3.33. The Bertz CT molecular complexity index is 218. The van der Waals surface area contributed by atoms with Gasteiger partial charge in [0.15, 0.2) is 3.77 Å². The van der Waals surface area contributed by atoms with Gasteiger partial charge in [-0.2, -0.15) is 0 Å². The van der Waals surface area contributed by atoms with Crippen LogP contribution in [0.15, 0.2) is 21.7 Å². The molecule has 0 bridgehead atoms. The largest absolute Gasteiger partial charge is 0.449 e. The number of halogens is 1. The number of hydrogen-bond donors (Lipinski definition) is 1. The lowest BCUT2D eigenvalue weighted by atomic mass is 10.5. The van der Waals surface area contributed by atoms with Crippen molar-refractivity contribution < 1.29 is 9.62 Å². The normalized spacial score (nSPS) is 10.8. The van der Waals surface area contributed by atoms with Gasteiger partial charge < -0.3 is 9.62 Å². The summed E-state index contributed by atoms with van der Waals surface area (Å²) in [4.78, 5) is 0. The number of furan rings is 1. The number of oxime groups is 1. The number of nitrogens with zero attached hydrogens (tertiary/aromatic N) is 1. The zero-order chi connectivity index (χ0) is 6.69. The molecule has 0 saturated carbocycles. The predicted octanol–water partition coefficient (Wildman–Crippen LogP) is 1.69. The van der Waals surface area contributed by atoms with Gasteiger partial charge in [-0.3, -0.25) is 0 Å². The molecule has 0 spiro atoms. The molecule has 0 aliphatic carbocycles. The van der Waals surface area contributed by atoms with Crippen molar-refractivity contribution in [2.75, 3.05) is 0 Å². The summed E-state index contributed by atoms with van der Waals surface area (Å²) in [7, 11) is 0. The molecule has 0 amide bonds. The van der Waals surface area contributed by atoms with Crippen LogP contribution in [0, 0.1) is 3.77 Å². The van der Waals surface area contributed by atoms with Crippen LogP contribution >= 0.6 is 22.6 Å². The molecule has 1 N–H and O–H groups in total. The van der Waals surface area contributed by atoms with E-state index in [0.29, 0.717) is 5.76 Å². The van der Waals surface area contributed by atoms with Crippen LogP contribution in [0.25, 0.3) is 0 Å². The van der Waals surface area contributed by atoms with E-state index in [4.69, 9.17) is 9.62 Å². The van der Waals surface area contributed by atoms with Crippen molar-refractivity contribution in [1.82, 2.24) is 0 Å². The van der Waals surface area contributed by atoms with Crippen molar-refractivity contribution in [3.05, 3.63) is 21.7 Å². The van der Waals surface area contributed by atoms with E-state index in [1.54, 1.807) is 12.1 Å². The Morgan fingerprint density at radius 2 is 2.44 bits per heavy atom. The minimum atomic E-state index is 0.557. The van der Waals surface area contributed by atoms with Crippen LogP contribution in [0.4, 0.5) is 0 Å². The average Bonchev–Trinajstić information content (AvgIpc) is 2.17. The fourth-order valence-corrected chi connectivity index (χ4v) is 0.889. The predicted molar refractivity (Wildman–Crippen MR) is 40.8 cm³/mol. The molecule has 1 aromatic heterocycles. The molecule has 0 saturated heterocycles. The third-order valence-electron chi connectivity index (χ3n) is 0.779. The molecular weight excluding hydrogens is 233 g/mol. The Kier molecular flexibility index (Phi) is 2.10. The van der Waals surface area contributed by atoms with Gasteiger partial charge in [-0.25, -0.2) is 0 Å². The van der Waals surface area contributed by atoms with Crippen molar-refractivity contribution >= 4 is 28.8 Å². The monoisotopic (exact) mass is 237 g/mol. The van der Waals surface area contributed by atoms with E-state index in [9.17, 15) is 0 Å². The van der Waals surface area contributed by atoms with E-state index < -0.39 is 0 Å². The quantitative estimate of drug-likeness (QED) is 0.349. The van der Waals surface area contributed by atoms with Crippen LogP contribution in [0.3, 0.4) is 0 Å². The maximum Gasteiger partial charge on any atom is 0.164 e. The van der Waals surface area contributed by atoms with E-state index >= 15 is 0 Å². The molecule has 0 aliphatic rings. The standard InChI is InChI=1S/C5H4INO2/c6-5-2-1-4(9-5)3-7-8/h1-3,8H/b7-3+. The first-order chi connectivity index (χ1) is 4.33. The Morgan fingerprint density at radius 3 is 2.89 bits per heavy atom. The lowest BCUT2D eigenvalue weighted by Crippen LogP contribution is -1.71. The molecule has 0 atom stereocenters. The van der Waals surface area contributed by atoms with E-state index in [1.807, 2.05) is 22.6 Å². The lowest BCUT2D eigenvalue weighted by molar-refractivity contribution is 0.320. The lowest BCUT2D eigenvalue weighted by Gasteiger charge is -1.77. The second-order valence-electron chi connectivity index (χ2n) is 1.39. The summed E-state index contributed by atoms with van der Waals surface area (Å²) in [5, 5.41) is 10.8.